The minimum Gasteiger partial charge on any atom is -0.444 e. The van der Waals surface area contributed by atoms with E-state index in [4.69, 9.17) is 4.74 Å². The molecule has 0 aliphatic carbocycles. The van der Waals surface area contributed by atoms with E-state index >= 15 is 0 Å². The van der Waals surface area contributed by atoms with E-state index in [1.54, 1.807) is 18.4 Å². The fourth-order valence-electron chi connectivity index (χ4n) is 1.90. The van der Waals surface area contributed by atoms with Crippen LogP contribution < -0.4 is 4.74 Å². The summed E-state index contributed by atoms with van der Waals surface area (Å²) >= 11 is 1.41. The Kier molecular flexibility index (Phi) is 5.16. The lowest BCUT2D eigenvalue weighted by Crippen LogP contribution is -2.08. The highest BCUT2D eigenvalue weighted by atomic mass is 32.2. The molecule has 0 heterocycles. The molecule has 0 aliphatic rings. The molecule has 0 spiro atoms. The summed E-state index contributed by atoms with van der Waals surface area (Å²) in [4.78, 5) is 20.7. The molecule has 11 heteroatoms. The Hall–Kier alpha value is -2.82. The summed E-state index contributed by atoms with van der Waals surface area (Å²) in [7, 11) is 0. The first-order chi connectivity index (χ1) is 11.6. The van der Waals surface area contributed by atoms with E-state index in [0.717, 1.165) is 4.90 Å². The number of hydrogen-bond donors (Lipinski definition) is 0. The van der Waals surface area contributed by atoms with Gasteiger partial charge in [-0.25, -0.2) is 0 Å². The third kappa shape index (κ3) is 4.18. The van der Waals surface area contributed by atoms with Crippen LogP contribution >= 0.6 is 11.8 Å². The van der Waals surface area contributed by atoms with Crippen molar-refractivity contribution < 1.29 is 27.8 Å². The summed E-state index contributed by atoms with van der Waals surface area (Å²) in [6, 6.07) is 6.41. The van der Waals surface area contributed by atoms with Crippen LogP contribution in [0.15, 0.2) is 41.3 Å². The fourth-order valence-corrected chi connectivity index (χ4v) is 2.31. The summed E-state index contributed by atoms with van der Waals surface area (Å²) in [6.45, 7) is 0. The maximum atomic E-state index is 12.8. The van der Waals surface area contributed by atoms with Crippen molar-refractivity contribution in [3.8, 4) is 11.5 Å². The molecule has 0 bridgehead atoms. The van der Waals surface area contributed by atoms with Gasteiger partial charge in [0.05, 0.1) is 15.4 Å². The van der Waals surface area contributed by atoms with Gasteiger partial charge >= 0.3 is 17.6 Å². The molecule has 0 fully saturated rings. The number of ether oxygens (including phenoxy) is 1. The zero-order valence-electron chi connectivity index (χ0n) is 12.4. The Morgan fingerprint density at radius 2 is 1.48 bits per heavy atom. The van der Waals surface area contributed by atoms with Crippen LogP contribution in [0.5, 0.6) is 11.5 Å². The highest BCUT2D eigenvalue weighted by molar-refractivity contribution is 7.98. The molecule has 0 radical (unpaired) electrons. The molecule has 7 nitrogen and oxygen atoms in total. The number of thioether (sulfide) groups is 1. The van der Waals surface area contributed by atoms with E-state index in [2.05, 4.69) is 0 Å². The van der Waals surface area contributed by atoms with E-state index in [9.17, 15) is 33.4 Å². The van der Waals surface area contributed by atoms with Crippen LogP contribution in [-0.4, -0.2) is 16.1 Å². The number of nitro groups is 2. The molecule has 2 aromatic carbocycles. The summed E-state index contributed by atoms with van der Waals surface area (Å²) < 4.78 is 43.7. The van der Waals surface area contributed by atoms with Gasteiger partial charge in [0.15, 0.2) is 0 Å². The van der Waals surface area contributed by atoms with E-state index in [0.29, 0.717) is 0 Å². The summed E-state index contributed by atoms with van der Waals surface area (Å²) in [5.41, 5.74) is -3.79. The maximum Gasteiger partial charge on any atom is 0.416 e. The van der Waals surface area contributed by atoms with E-state index in [1.165, 1.54) is 23.9 Å². The van der Waals surface area contributed by atoms with Crippen LogP contribution in [0.1, 0.15) is 5.56 Å². The lowest BCUT2D eigenvalue weighted by molar-refractivity contribution is -0.396. The van der Waals surface area contributed by atoms with Crippen LogP contribution in [0.2, 0.25) is 0 Å². The first-order valence-corrected chi connectivity index (χ1v) is 7.72. The van der Waals surface area contributed by atoms with E-state index in [1.807, 2.05) is 0 Å². The number of nitrogens with zero attached hydrogens (tertiary/aromatic N) is 2. The molecule has 0 saturated heterocycles. The van der Waals surface area contributed by atoms with E-state index < -0.39 is 38.7 Å². The minimum atomic E-state index is -4.98. The van der Waals surface area contributed by atoms with Crippen LogP contribution in [0.3, 0.4) is 0 Å². The predicted octanol–water partition coefficient (Wildman–Crippen LogP) is 5.04. The third-order valence-electron chi connectivity index (χ3n) is 3.05. The van der Waals surface area contributed by atoms with Crippen LogP contribution in [0, 0.1) is 20.2 Å². The van der Waals surface area contributed by atoms with Crippen LogP contribution in [0.4, 0.5) is 24.5 Å². The van der Waals surface area contributed by atoms with Gasteiger partial charge in [0.25, 0.3) is 5.75 Å². The molecule has 0 N–H and O–H groups in total. The average Bonchev–Trinajstić information content (AvgIpc) is 2.54. The lowest BCUT2D eigenvalue weighted by atomic mass is 10.1. The largest absolute Gasteiger partial charge is 0.444 e. The van der Waals surface area contributed by atoms with Gasteiger partial charge in [-0.3, -0.25) is 20.2 Å². The molecule has 25 heavy (non-hydrogen) atoms. The highest BCUT2D eigenvalue weighted by Gasteiger charge is 2.38. The second kappa shape index (κ2) is 6.97. The number of rotatable bonds is 5. The van der Waals surface area contributed by atoms with Crippen molar-refractivity contribution in [3.05, 3.63) is 62.2 Å². The number of hydrogen-bond acceptors (Lipinski definition) is 6. The van der Waals surface area contributed by atoms with Crippen molar-refractivity contribution in [2.45, 2.75) is 11.1 Å². The average molecular weight is 374 g/mol. The molecule has 0 saturated carbocycles. The third-order valence-corrected chi connectivity index (χ3v) is 3.79. The smallest absolute Gasteiger partial charge is 0.416 e. The standard InChI is InChI=1S/C14H9F3N2O5S/c1-25-10-4-2-9(3-5-10)24-13-11(18(20)21)6-8(14(15,16)17)7-12(13)19(22)23/h2-7H,1H3. The zero-order chi connectivity index (χ0) is 18.8. The highest BCUT2D eigenvalue weighted by Crippen LogP contribution is 2.44. The molecule has 0 unspecified atom stereocenters. The number of nitro benzene ring substituents is 2. The van der Waals surface area contributed by atoms with Crippen molar-refractivity contribution in [2.24, 2.45) is 0 Å². The molecule has 0 amide bonds. The van der Waals surface area contributed by atoms with Crippen molar-refractivity contribution in [1.82, 2.24) is 0 Å². The SMILES string of the molecule is CSc1ccc(Oc2c([N+](=O)[O-])cc(C(F)(F)F)cc2[N+](=O)[O-])cc1. The van der Waals surface area contributed by atoms with Gasteiger partial charge in [0.1, 0.15) is 5.75 Å². The normalized spacial score (nSPS) is 11.2. The molecule has 2 aromatic rings. The Bertz CT molecular complexity index is 789. The Morgan fingerprint density at radius 1 is 1.00 bits per heavy atom. The number of alkyl halides is 3. The molecular weight excluding hydrogens is 365 g/mol. The van der Waals surface area contributed by atoms with Crippen molar-refractivity contribution in [1.29, 1.82) is 0 Å². The van der Waals surface area contributed by atoms with Crippen molar-refractivity contribution in [3.63, 3.8) is 0 Å². The minimum absolute atomic E-state index is 0.0174. The van der Waals surface area contributed by atoms with Gasteiger partial charge in [-0.05, 0) is 30.5 Å². The molecule has 2 rings (SSSR count). The number of halogens is 3. The quantitative estimate of drug-likeness (QED) is 0.413. The first-order valence-electron chi connectivity index (χ1n) is 6.49. The van der Waals surface area contributed by atoms with Gasteiger partial charge in [0, 0.05) is 17.0 Å². The second-order valence-corrected chi connectivity index (χ2v) is 5.51. The fraction of sp³-hybridized carbons (Fsp3) is 0.143. The summed E-state index contributed by atoms with van der Waals surface area (Å²) in [6.07, 6.45) is -3.17. The van der Waals surface area contributed by atoms with Gasteiger partial charge < -0.3 is 4.74 Å². The maximum absolute atomic E-state index is 12.8. The van der Waals surface area contributed by atoms with Crippen molar-refractivity contribution in [2.75, 3.05) is 6.26 Å². The van der Waals surface area contributed by atoms with Gasteiger partial charge in [-0.15, -0.1) is 11.8 Å². The summed E-state index contributed by atoms with van der Waals surface area (Å²) in [5.74, 6) is -0.844. The molecule has 0 aliphatic heterocycles. The Balaban J connectivity index is 2.61. The second-order valence-electron chi connectivity index (χ2n) is 4.63. The van der Waals surface area contributed by atoms with Crippen LogP contribution in [-0.2, 0) is 6.18 Å². The topological polar surface area (TPSA) is 95.5 Å². The summed E-state index contributed by atoms with van der Waals surface area (Å²) in [5, 5.41) is 22.2. The molecule has 0 aromatic heterocycles. The number of benzene rings is 2. The Labute approximate surface area is 142 Å². The van der Waals surface area contributed by atoms with Crippen LogP contribution in [0.25, 0.3) is 0 Å². The van der Waals surface area contributed by atoms with E-state index in [-0.39, 0.29) is 17.9 Å². The van der Waals surface area contributed by atoms with Crippen molar-refractivity contribution >= 4 is 23.1 Å². The Morgan fingerprint density at radius 3 is 1.84 bits per heavy atom. The van der Waals surface area contributed by atoms with Gasteiger partial charge in [-0.1, -0.05) is 0 Å². The molecule has 0 atom stereocenters. The lowest BCUT2D eigenvalue weighted by Gasteiger charge is -2.11. The molecular formula is C14H9F3N2O5S. The van der Waals surface area contributed by atoms with Gasteiger partial charge in [-0.2, -0.15) is 13.2 Å². The zero-order valence-corrected chi connectivity index (χ0v) is 13.3. The predicted molar refractivity (Wildman–Crippen MR) is 83.0 cm³/mol. The van der Waals surface area contributed by atoms with Gasteiger partial charge in [0.2, 0.25) is 0 Å². The molecule has 132 valence electrons. The first kappa shape index (κ1) is 18.5. The monoisotopic (exact) mass is 374 g/mol.